The molecule has 3 atom stereocenters. The normalized spacial score (nSPS) is 35.2. The van der Waals surface area contributed by atoms with Crippen molar-refractivity contribution < 1.29 is 30.0 Å². The van der Waals surface area contributed by atoms with Gasteiger partial charge in [0.1, 0.15) is 12.2 Å². The topological polar surface area (TPSA) is 107 Å². The molecule has 2 unspecified atom stereocenters. The second kappa shape index (κ2) is 3.10. The Hall–Kier alpha value is -1.11. The minimum Gasteiger partial charge on any atom is -0.475 e. The third-order valence-electron chi connectivity index (χ3n) is 1.42. The van der Waals surface area contributed by atoms with Crippen LogP contribution in [0.5, 0.6) is 0 Å². The third-order valence-corrected chi connectivity index (χ3v) is 1.42. The first-order valence-electron chi connectivity index (χ1n) is 3.18. The summed E-state index contributed by atoms with van der Waals surface area (Å²) in [5.74, 6) is -1.97. The van der Waals surface area contributed by atoms with Gasteiger partial charge in [0.15, 0.2) is 0 Å². The standard InChI is InChI=1S/C6H8O6/c7-2-1-3(5(9)10)12-6(11)4(2)8/h1-2,4,6-8,11H,(H,9,10)/t2-,4?,6?/m0/s1. The second-order valence-electron chi connectivity index (χ2n) is 2.33. The van der Waals surface area contributed by atoms with Gasteiger partial charge in [-0.1, -0.05) is 0 Å². The van der Waals surface area contributed by atoms with Gasteiger partial charge >= 0.3 is 5.97 Å². The molecule has 1 aliphatic heterocycles. The average molecular weight is 176 g/mol. The lowest BCUT2D eigenvalue weighted by Gasteiger charge is -2.26. The number of ether oxygens (including phenoxy) is 1. The van der Waals surface area contributed by atoms with Crippen LogP contribution >= 0.6 is 0 Å². The monoisotopic (exact) mass is 176 g/mol. The van der Waals surface area contributed by atoms with Crippen molar-refractivity contribution in [1.82, 2.24) is 0 Å². The van der Waals surface area contributed by atoms with Crippen molar-refractivity contribution in [3.05, 3.63) is 11.8 Å². The number of carboxylic acid groups (broad SMARTS) is 1. The highest BCUT2D eigenvalue weighted by molar-refractivity contribution is 5.84. The number of aliphatic hydroxyl groups is 3. The van der Waals surface area contributed by atoms with Crippen LogP contribution in [0.15, 0.2) is 11.8 Å². The van der Waals surface area contributed by atoms with E-state index in [1.807, 2.05) is 0 Å². The molecule has 6 heteroatoms. The zero-order chi connectivity index (χ0) is 9.30. The van der Waals surface area contributed by atoms with E-state index in [4.69, 9.17) is 20.4 Å². The predicted octanol–water partition coefficient (Wildman–Crippen LogP) is -1.97. The predicted molar refractivity (Wildman–Crippen MR) is 34.8 cm³/mol. The molecule has 0 spiro atoms. The first-order chi connectivity index (χ1) is 5.52. The molecule has 1 rings (SSSR count). The smallest absolute Gasteiger partial charge is 0.371 e. The fraction of sp³-hybridized carbons (Fsp3) is 0.500. The van der Waals surface area contributed by atoms with Gasteiger partial charge in [0.25, 0.3) is 0 Å². The van der Waals surface area contributed by atoms with E-state index in [2.05, 4.69) is 4.74 Å². The number of aliphatic hydroxyl groups excluding tert-OH is 3. The molecule has 68 valence electrons. The van der Waals surface area contributed by atoms with E-state index >= 15 is 0 Å². The molecule has 6 nitrogen and oxygen atoms in total. The maximum Gasteiger partial charge on any atom is 0.371 e. The Kier molecular flexibility index (Phi) is 2.32. The van der Waals surface area contributed by atoms with Crippen molar-refractivity contribution in [2.45, 2.75) is 18.5 Å². The lowest BCUT2D eigenvalue weighted by atomic mass is 10.1. The van der Waals surface area contributed by atoms with E-state index in [1.165, 1.54) is 0 Å². The number of hydrogen-bond acceptors (Lipinski definition) is 5. The molecule has 0 aromatic carbocycles. The van der Waals surface area contributed by atoms with E-state index in [-0.39, 0.29) is 0 Å². The van der Waals surface area contributed by atoms with Crippen LogP contribution in [0.1, 0.15) is 0 Å². The summed E-state index contributed by atoms with van der Waals surface area (Å²) in [5, 5.41) is 35.0. The molecule has 0 bridgehead atoms. The molecule has 0 aromatic heterocycles. The second-order valence-corrected chi connectivity index (χ2v) is 2.33. The van der Waals surface area contributed by atoms with E-state index in [0.717, 1.165) is 6.08 Å². The van der Waals surface area contributed by atoms with Gasteiger partial charge in [0, 0.05) is 0 Å². The van der Waals surface area contributed by atoms with Crippen LogP contribution in [0, 0.1) is 0 Å². The molecule has 1 heterocycles. The van der Waals surface area contributed by atoms with E-state index in [1.54, 1.807) is 0 Å². The lowest BCUT2D eigenvalue weighted by Crippen LogP contribution is -2.42. The molecular weight excluding hydrogens is 168 g/mol. The van der Waals surface area contributed by atoms with Crippen molar-refractivity contribution in [3.8, 4) is 0 Å². The SMILES string of the molecule is O=C(O)C1=C[C@H](O)C(O)C(O)O1. The Bertz CT molecular complexity index is 222. The molecule has 12 heavy (non-hydrogen) atoms. The summed E-state index contributed by atoms with van der Waals surface area (Å²) in [6.45, 7) is 0. The van der Waals surface area contributed by atoms with E-state index in [0.29, 0.717) is 0 Å². The molecule has 0 aromatic rings. The number of rotatable bonds is 1. The number of carboxylic acids is 1. The molecule has 0 radical (unpaired) electrons. The van der Waals surface area contributed by atoms with Crippen LogP contribution in [0.3, 0.4) is 0 Å². The van der Waals surface area contributed by atoms with Gasteiger partial charge < -0.3 is 25.2 Å². The third kappa shape index (κ3) is 1.55. The summed E-state index contributed by atoms with van der Waals surface area (Å²) in [4.78, 5) is 10.3. The van der Waals surface area contributed by atoms with Crippen molar-refractivity contribution in [2.24, 2.45) is 0 Å². The van der Waals surface area contributed by atoms with Gasteiger partial charge in [-0.3, -0.25) is 0 Å². The highest BCUT2D eigenvalue weighted by Crippen LogP contribution is 2.16. The molecule has 0 saturated carbocycles. The fourth-order valence-electron chi connectivity index (χ4n) is 0.783. The van der Waals surface area contributed by atoms with Gasteiger partial charge in [-0.2, -0.15) is 0 Å². The van der Waals surface area contributed by atoms with E-state index in [9.17, 15) is 4.79 Å². The van der Waals surface area contributed by atoms with Gasteiger partial charge in [0.05, 0.1) is 0 Å². The molecular formula is C6H8O6. The Labute approximate surface area is 67.3 Å². The minimum atomic E-state index is -1.70. The van der Waals surface area contributed by atoms with Gasteiger partial charge in [-0.25, -0.2) is 4.79 Å². The van der Waals surface area contributed by atoms with Crippen LogP contribution < -0.4 is 0 Å². The van der Waals surface area contributed by atoms with Crippen LogP contribution in [0.25, 0.3) is 0 Å². The fourth-order valence-corrected chi connectivity index (χ4v) is 0.783. The summed E-state index contributed by atoms with van der Waals surface area (Å²) >= 11 is 0. The summed E-state index contributed by atoms with van der Waals surface area (Å²) in [7, 11) is 0. The summed E-state index contributed by atoms with van der Waals surface area (Å²) < 4.78 is 4.34. The highest BCUT2D eigenvalue weighted by atomic mass is 16.6. The molecule has 0 aliphatic carbocycles. The molecule has 0 fully saturated rings. The zero-order valence-electron chi connectivity index (χ0n) is 5.91. The van der Waals surface area contributed by atoms with Crippen LogP contribution in [0.4, 0.5) is 0 Å². The quantitative estimate of drug-likeness (QED) is 0.369. The van der Waals surface area contributed by atoms with Crippen molar-refractivity contribution in [3.63, 3.8) is 0 Å². The first kappa shape index (κ1) is 8.98. The summed E-state index contributed by atoms with van der Waals surface area (Å²) in [6.07, 6.45) is -3.80. The zero-order valence-corrected chi connectivity index (χ0v) is 5.91. The van der Waals surface area contributed by atoms with Crippen LogP contribution in [-0.4, -0.2) is 44.9 Å². The highest BCUT2D eigenvalue weighted by Gasteiger charge is 2.32. The summed E-state index contributed by atoms with van der Waals surface area (Å²) in [5.41, 5.74) is 0. The molecule has 0 saturated heterocycles. The van der Waals surface area contributed by atoms with Crippen molar-refractivity contribution in [1.29, 1.82) is 0 Å². The van der Waals surface area contributed by atoms with Crippen LogP contribution in [0.2, 0.25) is 0 Å². The Morgan fingerprint density at radius 2 is 2.00 bits per heavy atom. The van der Waals surface area contributed by atoms with Gasteiger partial charge in [-0.15, -0.1) is 0 Å². The van der Waals surface area contributed by atoms with Crippen LogP contribution in [-0.2, 0) is 9.53 Å². The summed E-state index contributed by atoms with van der Waals surface area (Å²) in [6, 6.07) is 0. The van der Waals surface area contributed by atoms with E-state index < -0.39 is 30.2 Å². The Morgan fingerprint density at radius 1 is 1.42 bits per heavy atom. The van der Waals surface area contributed by atoms with Crippen molar-refractivity contribution in [2.75, 3.05) is 0 Å². The number of carbonyl (C=O) groups is 1. The first-order valence-corrected chi connectivity index (χ1v) is 3.18. The number of aliphatic carboxylic acids is 1. The maximum atomic E-state index is 10.3. The van der Waals surface area contributed by atoms with Crippen molar-refractivity contribution >= 4 is 5.97 Å². The largest absolute Gasteiger partial charge is 0.475 e. The van der Waals surface area contributed by atoms with Gasteiger partial charge in [-0.05, 0) is 6.08 Å². The Morgan fingerprint density at radius 3 is 2.42 bits per heavy atom. The molecule has 0 amide bonds. The average Bonchev–Trinajstić information content (AvgIpc) is 1.99. The van der Waals surface area contributed by atoms with Gasteiger partial charge in [0.2, 0.25) is 12.0 Å². The Balaban J connectivity index is 2.81. The lowest BCUT2D eigenvalue weighted by molar-refractivity contribution is -0.183. The molecule has 4 N–H and O–H groups in total. The molecule has 1 aliphatic rings. The maximum absolute atomic E-state index is 10.3. The minimum absolute atomic E-state index is 0.569. The number of hydrogen-bond donors (Lipinski definition) is 4.